The van der Waals surface area contributed by atoms with Crippen LogP contribution < -0.4 is 0 Å². The summed E-state index contributed by atoms with van der Waals surface area (Å²) in [5, 5.41) is 16.2. The van der Waals surface area contributed by atoms with E-state index in [4.69, 9.17) is 28.5 Å². The molecule has 9 heteroatoms. The van der Waals surface area contributed by atoms with E-state index in [-0.39, 0.29) is 22.2 Å². The molecule has 0 atom stereocenters. The second-order valence-corrected chi connectivity index (χ2v) is 4.96. The van der Waals surface area contributed by atoms with Crippen molar-refractivity contribution < 1.29 is 13.2 Å². The van der Waals surface area contributed by atoms with Crippen LogP contribution in [0.5, 0.6) is 0 Å². The monoisotopic (exact) mass is 334 g/mol. The lowest BCUT2D eigenvalue weighted by Gasteiger charge is -2.11. The van der Waals surface area contributed by atoms with E-state index in [9.17, 15) is 13.2 Å². The summed E-state index contributed by atoms with van der Waals surface area (Å²) >= 11 is 11.7. The maximum atomic E-state index is 12.7. The zero-order chi connectivity index (χ0) is 15.8. The summed E-state index contributed by atoms with van der Waals surface area (Å²) in [6.45, 7) is 1.63. The Hall–Kier alpha value is -1.78. The molecule has 0 radical (unpaired) electrons. The van der Waals surface area contributed by atoms with Crippen LogP contribution in [-0.4, -0.2) is 15.0 Å². The van der Waals surface area contributed by atoms with Gasteiger partial charge in [0.1, 0.15) is 11.4 Å². The lowest BCUT2D eigenvalue weighted by Crippen LogP contribution is -2.08. The Balaban J connectivity index is 2.55. The Bertz CT molecular complexity index is 708. The molecule has 2 rings (SSSR count). The van der Waals surface area contributed by atoms with E-state index in [2.05, 4.69) is 10.2 Å². The van der Waals surface area contributed by atoms with Crippen LogP contribution in [0.15, 0.2) is 12.1 Å². The van der Waals surface area contributed by atoms with Gasteiger partial charge in [0.2, 0.25) is 0 Å². The maximum Gasteiger partial charge on any atom is 0.416 e. The Morgan fingerprint density at radius 1 is 1.24 bits per heavy atom. The number of aromatic nitrogens is 3. The minimum absolute atomic E-state index is 0.0295. The van der Waals surface area contributed by atoms with Crippen molar-refractivity contribution >= 4 is 23.2 Å². The van der Waals surface area contributed by atoms with Gasteiger partial charge in [-0.25, -0.2) is 0 Å². The van der Waals surface area contributed by atoms with E-state index in [1.165, 1.54) is 0 Å². The normalized spacial score (nSPS) is 11.5. The van der Waals surface area contributed by atoms with Gasteiger partial charge in [0.05, 0.1) is 33.8 Å². The fourth-order valence-electron chi connectivity index (χ4n) is 1.67. The highest BCUT2D eigenvalue weighted by atomic mass is 35.5. The molecule has 1 aromatic heterocycles. The SMILES string of the molecule is Cc1nn(-c2c(Cl)cc(C(F)(F)F)cc2Cl)nc1CC#N. The smallest absolute Gasteiger partial charge is 0.198 e. The molecule has 1 aromatic carbocycles. The lowest BCUT2D eigenvalue weighted by molar-refractivity contribution is -0.137. The third-order valence-corrected chi connectivity index (χ3v) is 3.24. The molecule has 0 aliphatic heterocycles. The van der Waals surface area contributed by atoms with Crippen LogP contribution in [0.2, 0.25) is 10.0 Å². The van der Waals surface area contributed by atoms with E-state index >= 15 is 0 Å². The Labute approximate surface area is 127 Å². The third kappa shape index (κ3) is 3.12. The van der Waals surface area contributed by atoms with E-state index in [1.54, 1.807) is 6.92 Å². The van der Waals surface area contributed by atoms with Gasteiger partial charge in [-0.05, 0) is 19.1 Å². The van der Waals surface area contributed by atoms with E-state index in [0.29, 0.717) is 11.4 Å². The fourth-order valence-corrected chi connectivity index (χ4v) is 2.31. The van der Waals surface area contributed by atoms with Crippen LogP contribution in [0.3, 0.4) is 0 Å². The van der Waals surface area contributed by atoms with Gasteiger partial charge in [-0.1, -0.05) is 23.2 Å². The number of halogens is 5. The first-order valence-corrected chi connectivity index (χ1v) is 6.36. The lowest BCUT2D eigenvalue weighted by atomic mass is 10.2. The van der Waals surface area contributed by atoms with Crippen molar-refractivity contribution in [2.24, 2.45) is 0 Å². The first kappa shape index (κ1) is 15.6. The quantitative estimate of drug-likeness (QED) is 0.834. The molecule has 0 saturated heterocycles. The third-order valence-electron chi connectivity index (χ3n) is 2.67. The topological polar surface area (TPSA) is 54.5 Å². The van der Waals surface area contributed by atoms with Crippen molar-refractivity contribution in [2.45, 2.75) is 19.5 Å². The molecule has 110 valence electrons. The van der Waals surface area contributed by atoms with Gasteiger partial charge in [0.15, 0.2) is 0 Å². The fraction of sp³-hybridized carbons (Fsp3) is 0.250. The van der Waals surface area contributed by atoms with Gasteiger partial charge in [0, 0.05) is 0 Å². The molecule has 4 nitrogen and oxygen atoms in total. The van der Waals surface area contributed by atoms with Crippen LogP contribution in [0.4, 0.5) is 13.2 Å². The number of benzene rings is 1. The van der Waals surface area contributed by atoms with Gasteiger partial charge >= 0.3 is 6.18 Å². The van der Waals surface area contributed by atoms with E-state index in [1.807, 2.05) is 6.07 Å². The Morgan fingerprint density at radius 2 is 1.81 bits per heavy atom. The molecule has 0 saturated carbocycles. The summed E-state index contributed by atoms with van der Waals surface area (Å²) in [5.74, 6) is 0. The predicted octanol–water partition coefficient (Wildman–Crippen LogP) is 3.97. The largest absolute Gasteiger partial charge is 0.416 e. The zero-order valence-electron chi connectivity index (χ0n) is 10.5. The number of nitriles is 1. The van der Waals surface area contributed by atoms with Crippen molar-refractivity contribution in [3.8, 4) is 11.8 Å². The van der Waals surface area contributed by atoms with Crippen molar-refractivity contribution in [1.29, 1.82) is 5.26 Å². The summed E-state index contributed by atoms with van der Waals surface area (Å²) in [6, 6.07) is 3.43. The van der Waals surface area contributed by atoms with Crippen LogP contribution >= 0.6 is 23.2 Å². The minimum Gasteiger partial charge on any atom is -0.198 e. The second-order valence-electron chi connectivity index (χ2n) is 4.14. The van der Waals surface area contributed by atoms with E-state index in [0.717, 1.165) is 16.9 Å². The highest BCUT2D eigenvalue weighted by Crippen LogP contribution is 2.37. The first-order chi connectivity index (χ1) is 9.74. The average Bonchev–Trinajstić information content (AvgIpc) is 2.69. The maximum absolute atomic E-state index is 12.7. The highest BCUT2D eigenvalue weighted by molar-refractivity contribution is 6.37. The molecule has 0 aliphatic carbocycles. The molecule has 0 aliphatic rings. The summed E-state index contributed by atoms with van der Waals surface area (Å²) in [6.07, 6.45) is -4.52. The van der Waals surface area contributed by atoms with Crippen molar-refractivity contribution in [3.63, 3.8) is 0 Å². The van der Waals surface area contributed by atoms with E-state index < -0.39 is 11.7 Å². The number of alkyl halides is 3. The van der Waals surface area contributed by atoms with Gasteiger partial charge in [-0.3, -0.25) is 0 Å². The molecule has 0 spiro atoms. The summed E-state index contributed by atoms with van der Waals surface area (Å²) < 4.78 is 38.0. The van der Waals surface area contributed by atoms with Crippen molar-refractivity contribution in [3.05, 3.63) is 39.1 Å². The van der Waals surface area contributed by atoms with Crippen LogP contribution in [0, 0.1) is 18.3 Å². The molecular weight excluding hydrogens is 328 g/mol. The van der Waals surface area contributed by atoms with Crippen LogP contribution in [0.25, 0.3) is 5.69 Å². The van der Waals surface area contributed by atoms with Crippen LogP contribution in [0.1, 0.15) is 17.0 Å². The first-order valence-electron chi connectivity index (χ1n) is 5.60. The number of rotatable bonds is 2. The second kappa shape index (κ2) is 5.54. The molecule has 21 heavy (non-hydrogen) atoms. The summed E-state index contributed by atoms with van der Waals surface area (Å²) in [5.41, 5.74) is -0.0332. The highest BCUT2D eigenvalue weighted by Gasteiger charge is 2.32. The van der Waals surface area contributed by atoms with Gasteiger partial charge in [-0.15, -0.1) is 4.80 Å². The van der Waals surface area contributed by atoms with Gasteiger partial charge in [0.25, 0.3) is 0 Å². The van der Waals surface area contributed by atoms with Gasteiger partial charge in [-0.2, -0.15) is 28.6 Å². The molecule has 0 amide bonds. The standard InChI is InChI=1S/C12H7Cl2F3N4/c1-6-10(2-3-18)20-21(19-6)11-8(13)4-7(5-9(11)14)12(15,16)17/h4-5H,2H2,1H3. The summed E-state index contributed by atoms with van der Waals surface area (Å²) in [4.78, 5) is 1.03. The zero-order valence-corrected chi connectivity index (χ0v) is 12.1. The predicted molar refractivity (Wildman–Crippen MR) is 70.4 cm³/mol. The number of aryl methyl sites for hydroxylation is 1. The average molecular weight is 335 g/mol. The molecule has 1 heterocycles. The number of nitrogens with zero attached hydrogens (tertiary/aromatic N) is 4. The molecule has 0 bridgehead atoms. The minimum atomic E-state index is -4.55. The molecule has 0 fully saturated rings. The van der Waals surface area contributed by atoms with Crippen molar-refractivity contribution in [2.75, 3.05) is 0 Å². The molecule has 0 unspecified atom stereocenters. The Kier molecular flexibility index (Phi) is 4.12. The van der Waals surface area contributed by atoms with Crippen molar-refractivity contribution in [1.82, 2.24) is 15.0 Å². The summed E-state index contributed by atoms with van der Waals surface area (Å²) in [7, 11) is 0. The number of hydrogen-bond acceptors (Lipinski definition) is 3. The Morgan fingerprint density at radius 3 is 2.29 bits per heavy atom. The van der Waals surface area contributed by atoms with Gasteiger partial charge < -0.3 is 0 Å². The molecule has 2 aromatic rings. The van der Waals surface area contributed by atoms with Crippen LogP contribution in [-0.2, 0) is 12.6 Å². The number of hydrogen-bond donors (Lipinski definition) is 0. The molecular formula is C12H7Cl2F3N4. The molecule has 0 N–H and O–H groups in total.